The molecule has 0 bridgehead atoms. The van der Waals surface area contributed by atoms with Gasteiger partial charge in [-0.15, -0.1) is 0 Å². The Morgan fingerprint density at radius 1 is 1.36 bits per heavy atom. The molecular weight excluding hydrogens is 345 g/mol. The molecule has 0 radical (unpaired) electrons. The topological polar surface area (TPSA) is 49.8 Å². The molecule has 0 aromatic heterocycles. The number of aliphatic hydroxyl groups excluding tert-OH is 1. The van der Waals surface area contributed by atoms with Gasteiger partial charge in [0, 0.05) is 0 Å². The number of carbonyl (C=O) groups is 1. The molecule has 5 heteroatoms. The van der Waals surface area contributed by atoms with Crippen molar-refractivity contribution in [3.63, 3.8) is 0 Å². The van der Waals surface area contributed by atoms with E-state index in [1.54, 1.807) is 11.8 Å². The van der Waals surface area contributed by atoms with Crippen molar-refractivity contribution in [1.82, 2.24) is 4.90 Å². The van der Waals surface area contributed by atoms with E-state index in [1.807, 2.05) is 44.2 Å². The second-order valence-electron chi connectivity index (χ2n) is 6.15. The first-order valence-corrected chi connectivity index (χ1v) is 8.49. The molecule has 0 spiro atoms. The number of rotatable bonds is 5. The minimum atomic E-state index is -0.654. The van der Waals surface area contributed by atoms with Crippen molar-refractivity contribution in [1.29, 1.82) is 0 Å². The number of ether oxygens (including phenoxy) is 1. The molecule has 0 aliphatic carbocycles. The Morgan fingerprint density at radius 3 is 2.59 bits per heavy atom. The van der Waals surface area contributed by atoms with Gasteiger partial charge >= 0.3 is 139 Å². The Kier molecular flexibility index (Phi) is 5.79. The summed E-state index contributed by atoms with van der Waals surface area (Å²) in [6.07, 6.45) is 0.0840. The van der Waals surface area contributed by atoms with Crippen molar-refractivity contribution in [3.05, 3.63) is 35.9 Å². The van der Waals surface area contributed by atoms with E-state index in [0.29, 0.717) is 11.3 Å². The molecule has 120 valence electrons. The molecule has 0 saturated carbocycles. The average Bonchev–Trinajstić information content (AvgIpc) is 2.86. The van der Waals surface area contributed by atoms with Crippen LogP contribution < -0.4 is 0 Å². The van der Waals surface area contributed by atoms with E-state index in [9.17, 15) is 9.90 Å². The molecule has 1 heterocycles. The number of aliphatic hydroxyl groups is 1. The summed E-state index contributed by atoms with van der Waals surface area (Å²) in [7, 11) is 0. The molecule has 22 heavy (non-hydrogen) atoms. The van der Waals surface area contributed by atoms with Crippen LogP contribution in [0.25, 0.3) is 0 Å². The zero-order valence-electron chi connectivity index (χ0n) is 13.2. The second kappa shape index (κ2) is 7.40. The van der Waals surface area contributed by atoms with E-state index in [4.69, 9.17) is 4.74 Å². The van der Waals surface area contributed by atoms with Gasteiger partial charge in [0.2, 0.25) is 0 Å². The van der Waals surface area contributed by atoms with Gasteiger partial charge in [0.15, 0.2) is 0 Å². The predicted molar refractivity (Wildman–Crippen MR) is 87.5 cm³/mol. The van der Waals surface area contributed by atoms with Crippen LogP contribution in [0, 0.1) is 11.8 Å². The number of hydrogen-bond acceptors (Lipinski definition) is 3. The fourth-order valence-corrected chi connectivity index (χ4v) is 3.35. The standard InChI is InChI=1S/C17H23NO3Se/c1-11(2)15(19)12(3)16(20)18-14(10-21-17(18)22)9-13-7-5-4-6-8-13/h4-8,11-12,14-15,19H,9-10H2,1-3H3/t12?,14-,15?/m0/s1. The Balaban J connectivity index is 2.12. The Hall–Kier alpha value is -1.16. The van der Waals surface area contributed by atoms with Crippen LogP contribution in [0.4, 0.5) is 0 Å². The Labute approximate surface area is 139 Å². The summed E-state index contributed by atoms with van der Waals surface area (Å²) in [6.45, 7) is 6.09. The van der Waals surface area contributed by atoms with E-state index in [2.05, 4.69) is 15.6 Å². The molecule has 4 nitrogen and oxygen atoms in total. The quantitative estimate of drug-likeness (QED) is 0.799. The van der Waals surface area contributed by atoms with Crippen LogP contribution in [0.15, 0.2) is 30.3 Å². The van der Waals surface area contributed by atoms with E-state index in [1.165, 1.54) is 5.56 Å². The number of nitrogens with zero attached hydrogens (tertiary/aromatic N) is 1. The molecule has 1 amide bonds. The summed E-state index contributed by atoms with van der Waals surface area (Å²) >= 11 is 2.83. The minimum absolute atomic E-state index is 0.0343. The zero-order chi connectivity index (χ0) is 16.3. The van der Waals surface area contributed by atoms with Gasteiger partial charge in [-0.05, 0) is 0 Å². The monoisotopic (exact) mass is 369 g/mol. The first-order valence-electron chi connectivity index (χ1n) is 7.63. The van der Waals surface area contributed by atoms with Gasteiger partial charge < -0.3 is 0 Å². The van der Waals surface area contributed by atoms with E-state index in [-0.39, 0.29) is 17.9 Å². The number of hydrogen-bond donors (Lipinski definition) is 1. The average molecular weight is 368 g/mol. The Morgan fingerprint density at radius 2 is 2.00 bits per heavy atom. The third-order valence-corrected chi connectivity index (χ3v) is 4.76. The van der Waals surface area contributed by atoms with Crippen LogP contribution in [0.3, 0.4) is 0 Å². The van der Waals surface area contributed by atoms with Crippen LogP contribution in [-0.2, 0) is 16.0 Å². The SMILES string of the molecule is CC(C)C(O)C(C)C(=O)N1C(=[Se])OC[C@@H]1Cc1ccccc1. The first kappa shape index (κ1) is 17.2. The molecular formula is C17H23NO3Se. The summed E-state index contributed by atoms with van der Waals surface area (Å²) in [5.74, 6) is -0.504. The fourth-order valence-electron chi connectivity index (χ4n) is 2.71. The molecule has 3 atom stereocenters. The molecule has 1 fully saturated rings. The zero-order valence-corrected chi connectivity index (χ0v) is 14.9. The van der Waals surface area contributed by atoms with Crippen molar-refractivity contribution in [2.75, 3.05) is 6.61 Å². The van der Waals surface area contributed by atoms with E-state index < -0.39 is 12.0 Å². The Bertz CT molecular complexity index is 532. The molecule has 1 saturated heterocycles. The van der Waals surface area contributed by atoms with Crippen molar-refractivity contribution in [2.24, 2.45) is 11.8 Å². The van der Waals surface area contributed by atoms with Gasteiger partial charge in [0.25, 0.3) is 0 Å². The molecule has 1 N–H and O–H groups in total. The third-order valence-electron chi connectivity index (χ3n) is 4.10. The van der Waals surface area contributed by atoms with Gasteiger partial charge in [0.1, 0.15) is 0 Å². The van der Waals surface area contributed by atoms with Gasteiger partial charge in [-0.2, -0.15) is 0 Å². The van der Waals surface area contributed by atoms with Crippen molar-refractivity contribution in [2.45, 2.75) is 39.3 Å². The number of carbonyl (C=O) groups excluding carboxylic acids is 1. The van der Waals surface area contributed by atoms with Crippen LogP contribution >= 0.6 is 0 Å². The van der Waals surface area contributed by atoms with Gasteiger partial charge in [-0.1, -0.05) is 0 Å². The third kappa shape index (κ3) is 3.78. The van der Waals surface area contributed by atoms with Gasteiger partial charge in [-0.3, -0.25) is 0 Å². The van der Waals surface area contributed by atoms with Crippen LogP contribution in [0.2, 0.25) is 0 Å². The summed E-state index contributed by atoms with van der Waals surface area (Å²) in [5.41, 5.74) is 1.17. The second-order valence-corrected chi connectivity index (χ2v) is 6.88. The van der Waals surface area contributed by atoms with Crippen LogP contribution in [-0.4, -0.2) is 55.0 Å². The summed E-state index contributed by atoms with van der Waals surface area (Å²) in [5, 5.41) is 10.2. The van der Waals surface area contributed by atoms with Crippen molar-refractivity contribution >= 4 is 26.2 Å². The molecule has 2 rings (SSSR count). The molecule has 1 aliphatic rings. The summed E-state index contributed by atoms with van der Waals surface area (Å²) in [6, 6.07) is 10.0. The summed E-state index contributed by atoms with van der Waals surface area (Å²) < 4.78 is 6.05. The normalized spacial score (nSPS) is 20.9. The van der Waals surface area contributed by atoms with Crippen molar-refractivity contribution < 1.29 is 14.6 Å². The molecule has 1 aliphatic heterocycles. The maximum absolute atomic E-state index is 12.7. The van der Waals surface area contributed by atoms with Crippen LogP contribution in [0.1, 0.15) is 26.3 Å². The predicted octanol–water partition coefficient (Wildman–Crippen LogP) is 1.37. The molecule has 1 aromatic rings. The van der Waals surface area contributed by atoms with E-state index in [0.717, 1.165) is 6.42 Å². The van der Waals surface area contributed by atoms with Crippen molar-refractivity contribution in [3.8, 4) is 0 Å². The number of benzene rings is 1. The van der Waals surface area contributed by atoms with Gasteiger partial charge in [0.05, 0.1) is 0 Å². The first-order chi connectivity index (χ1) is 10.4. The van der Waals surface area contributed by atoms with Crippen LogP contribution in [0.5, 0.6) is 0 Å². The fraction of sp³-hybridized carbons (Fsp3) is 0.529. The van der Waals surface area contributed by atoms with E-state index >= 15 is 0 Å². The molecule has 2 unspecified atom stereocenters. The van der Waals surface area contributed by atoms with Gasteiger partial charge in [-0.25, -0.2) is 0 Å². The molecule has 1 aromatic carbocycles. The maximum atomic E-state index is 12.7. The number of amides is 1. The summed E-state index contributed by atoms with van der Waals surface area (Å²) in [4.78, 5) is 14.4.